The molecule has 0 atom stereocenters. The Hall–Kier alpha value is -3.82. The molecule has 156 valence electrons. The highest BCUT2D eigenvalue weighted by atomic mass is 35.5. The second-order valence-corrected chi connectivity index (χ2v) is 7.17. The number of carbonyl (C=O) groups excluding carboxylic acids is 1. The number of hydrogen-bond donors (Lipinski definition) is 1. The molecule has 0 saturated heterocycles. The monoisotopic (exact) mass is 434 g/mol. The molecular formula is C24H19ClN2O4. The average molecular weight is 435 g/mol. The molecule has 1 amide bonds. The van der Waals surface area contributed by atoms with Crippen LogP contribution in [0.2, 0.25) is 0 Å². The van der Waals surface area contributed by atoms with Gasteiger partial charge in [0.1, 0.15) is 17.6 Å². The van der Waals surface area contributed by atoms with Crippen molar-refractivity contribution in [2.75, 3.05) is 6.54 Å². The van der Waals surface area contributed by atoms with Crippen LogP contribution < -0.4 is 4.74 Å². The van der Waals surface area contributed by atoms with Crippen molar-refractivity contribution in [3.05, 3.63) is 95.1 Å². The molecule has 0 aliphatic heterocycles. The number of rotatable bonds is 8. The zero-order valence-electron chi connectivity index (χ0n) is 16.5. The Balaban J connectivity index is 1.64. The van der Waals surface area contributed by atoms with Crippen molar-refractivity contribution >= 4 is 23.7 Å². The van der Waals surface area contributed by atoms with Crippen LogP contribution in [0.25, 0.3) is 0 Å². The number of benzene rings is 3. The summed E-state index contributed by atoms with van der Waals surface area (Å²) in [5, 5.41) is 18.2. The maximum atomic E-state index is 12.5. The third kappa shape index (κ3) is 6.08. The molecule has 0 aliphatic carbocycles. The predicted molar refractivity (Wildman–Crippen MR) is 116 cm³/mol. The van der Waals surface area contributed by atoms with Crippen LogP contribution in [-0.2, 0) is 17.6 Å². The van der Waals surface area contributed by atoms with Gasteiger partial charge in [-0.1, -0.05) is 36.4 Å². The number of carboxylic acids is 1. The first kappa shape index (κ1) is 21.9. The van der Waals surface area contributed by atoms with E-state index in [0.717, 1.165) is 9.98 Å². The summed E-state index contributed by atoms with van der Waals surface area (Å²) in [5.74, 6) is -0.559. The number of carbonyl (C=O) groups is 2. The standard InChI is InChI=1S/C24H19ClN2O4/c25-27(13-12-17-4-2-1-3-5-17)24(30)19-7-9-21(10-8-19)31-22-11-6-18(15-23(28)29)14-20(22)16-26/h1-11,14H,12-13,15H2,(H,28,29). The Morgan fingerprint density at radius 1 is 1.00 bits per heavy atom. The van der Waals surface area contributed by atoms with Crippen molar-refractivity contribution < 1.29 is 19.4 Å². The Labute approximate surface area is 185 Å². The van der Waals surface area contributed by atoms with Gasteiger partial charge in [-0.25, -0.2) is 0 Å². The van der Waals surface area contributed by atoms with Gasteiger partial charge in [-0.15, -0.1) is 0 Å². The fourth-order valence-electron chi connectivity index (χ4n) is 2.94. The van der Waals surface area contributed by atoms with Crippen LogP contribution in [0.1, 0.15) is 27.0 Å². The molecule has 3 rings (SSSR count). The first-order valence-electron chi connectivity index (χ1n) is 9.50. The van der Waals surface area contributed by atoms with Gasteiger partial charge in [-0.2, -0.15) is 5.26 Å². The van der Waals surface area contributed by atoms with E-state index in [-0.39, 0.29) is 17.9 Å². The van der Waals surface area contributed by atoms with Crippen molar-refractivity contribution in [1.82, 2.24) is 4.42 Å². The lowest BCUT2D eigenvalue weighted by atomic mass is 10.1. The molecule has 0 unspecified atom stereocenters. The highest BCUT2D eigenvalue weighted by Crippen LogP contribution is 2.27. The average Bonchev–Trinajstić information content (AvgIpc) is 2.78. The molecule has 0 fully saturated rings. The molecule has 0 saturated carbocycles. The summed E-state index contributed by atoms with van der Waals surface area (Å²) in [4.78, 5) is 23.4. The molecule has 0 aromatic heterocycles. The zero-order valence-corrected chi connectivity index (χ0v) is 17.2. The summed E-state index contributed by atoms with van der Waals surface area (Å²) >= 11 is 6.15. The van der Waals surface area contributed by atoms with Gasteiger partial charge in [0.05, 0.1) is 12.0 Å². The third-order valence-corrected chi connectivity index (χ3v) is 4.83. The smallest absolute Gasteiger partial charge is 0.307 e. The fourth-order valence-corrected chi connectivity index (χ4v) is 3.13. The summed E-state index contributed by atoms with van der Waals surface area (Å²) in [6.45, 7) is 0.372. The van der Waals surface area contributed by atoms with E-state index in [0.29, 0.717) is 35.6 Å². The van der Waals surface area contributed by atoms with Crippen LogP contribution in [-0.4, -0.2) is 27.9 Å². The molecule has 0 spiro atoms. The van der Waals surface area contributed by atoms with E-state index in [4.69, 9.17) is 21.6 Å². The molecule has 31 heavy (non-hydrogen) atoms. The molecule has 7 heteroatoms. The number of amides is 1. The Kier molecular flexibility index (Phi) is 7.26. The third-order valence-electron chi connectivity index (χ3n) is 4.51. The fraction of sp³-hybridized carbons (Fsp3) is 0.125. The highest BCUT2D eigenvalue weighted by Gasteiger charge is 2.14. The molecule has 6 nitrogen and oxygen atoms in total. The van der Waals surface area contributed by atoms with E-state index in [1.165, 1.54) is 6.07 Å². The van der Waals surface area contributed by atoms with Crippen LogP contribution in [0.5, 0.6) is 11.5 Å². The van der Waals surface area contributed by atoms with E-state index in [9.17, 15) is 14.9 Å². The van der Waals surface area contributed by atoms with E-state index >= 15 is 0 Å². The summed E-state index contributed by atoms with van der Waals surface area (Å²) in [6.07, 6.45) is 0.469. The largest absolute Gasteiger partial charge is 0.481 e. The lowest BCUT2D eigenvalue weighted by Gasteiger charge is -2.14. The summed E-state index contributed by atoms with van der Waals surface area (Å²) in [6, 6.07) is 22.8. The zero-order chi connectivity index (χ0) is 22.2. The SMILES string of the molecule is N#Cc1cc(CC(=O)O)ccc1Oc1ccc(C(=O)N(Cl)CCc2ccccc2)cc1. The molecule has 1 N–H and O–H groups in total. The maximum Gasteiger partial charge on any atom is 0.307 e. The minimum Gasteiger partial charge on any atom is -0.481 e. The highest BCUT2D eigenvalue weighted by molar-refractivity contribution is 6.24. The van der Waals surface area contributed by atoms with Gasteiger partial charge in [-0.3, -0.25) is 14.0 Å². The van der Waals surface area contributed by atoms with Gasteiger partial charge < -0.3 is 9.84 Å². The molecule has 3 aromatic carbocycles. The number of nitrogens with zero attached hydrogens (tertiary/aromatic N) is 2. The predicted octanol–water partition coefficient (Wildman–Crippen LogP) is 4.82. The van der Waals surface area contributed by atoms with Gasteiger partial charge >= 0.3 is 5.97 Å². The molecule has 0 heterocycles. The van der Waals surface area contributed by atoms with Crippen molar-refractivity contribution in [2.45, 2.75) is 12.8 Å². The van der Waals surface area contributed by atoms with Crippen LogP contribution in [0, 0.1) is 11.3 Å². The second-order valence-electron chi connectivity index (χ2n) is 6.77. The molecule has 0 radical (unpaired) electrons. The molecular weight excluding hydrogens is 416 g/mol. The van der Waals surface area contributed by atoms with Gasteiger partial charge in [0, 0.05) is 23.9 Å². The van der Waals surface area contributed by atoms with E-state index in [1.807, 2.05) is 36.4 Å². The number of aliphatic carboxylic acids is 1. The normalized spacial score (nSPS) is 10.2. The first-order chi connectivity index (χ1) is 15.0. The molecule has 0 aliphatic rings. The summed E-state index contributed by atoms with van der Waals surface area (Å²) in [5.41, 5.74) is 2.24. The van der Waals surface area contributed by atoms with E-state index < -0.39 is 5.97 Å². The quantitative estimate of drug-likeness (QED) is 0.513. The lowest BCUT2D eigenvalue weighted by Crippen LogP contribution is -2.23. The van der Waals surface area contributed by atoms with Crippen molar-refractivity contribution in [3.8, 4) is 17.6 Å². The number of halogens is 1. The lowest BCUT2D eigenvalue weighted by molar-refractivity contribution is -0.136. The topological polar surface area (TPSA) is 90.6 Å². The first-order valence-corrected chi connectivity index (χ1v) is 9.84. The van der Waals surface area contributed by atoms with Gasteiger partial charge in [0.15, 0.2) is 0 Å². The van der Waals surface area contributed by atoms with E-state index in [1.54, 1.807) is 36.4 Å². The van der Waals surface area contributed by atoms with Crippen molar-refractivity contribution in [1.29, 1.82) is 5.26 Å². The molecule has 0 bridgehead atoms. The number of ether oxygens (including phenoxy) is 1. The minimum absolute atomic E-state index is 0.176. The Morgan fingerprint density at radius 3 is 2.35 bits per heavy atom. The number of hydrogen-bond acceptors (Lipinski definition) is 4. The van der Waals surface area contributed by atoms with Crippen LogP contribution in [0.15, 0.2) is 72.8 Å². The van der Waals surface area contributed by atoms with Gasteiger partial charge in [0.2, 0.25) is 0 Å². The maximum absolute atomic E-state index is 12.5. The second kappa shape index (κ2) is 10.3. The van der Waals surface area contributed by atoms with E-state index in [2.05, 4.69) is 0 Å². The van der Waals surface area contributed by atoms with Crippen LogP contribution in [0.3, 0.4) is 0 Å². The Bertz CT molecular complexity index is 1110. The van der Waals surface area contributed by atoms with Crippen LogP contribution >= 0.6 is 11.8 Å². The van der Waals surface area contributed by atoms with Crippen LogP contribution in [0.4, 0.5) is 0 Å². The van der Waals surface area contributed by atoms with Gasteiger partial charge in [0.25, 0.3) is 5.91 Å². The Morgan fingerprint density at radius 2 is 1.71 bits per heavy atom. The minimum atomic E-state index is -0.977. The van der Waals surface area contributed by atoms with Crippen molar-refractivity contribution in [2.24, 2.45) is 0 Å². The number of nitriles is 1. The summed E-state index contributed by atoms with van der Waals surface area (Å²) in [7, 11) is 0. The number of carboxylic acid groups (broad SMARTS) is 1. The molecule has 3 aromatic rings. The van der Waals surface area contributed by atoms with Crippen molar-refractivity contribution in [3.63, 3.8) is 0 Å². The van der Waals surface area contributed by atoms with Gasteiger partial charge in [-0.05, 0) is 53.9 Å². The summed E-state index contributed by atoms with van der Waals surface area (Å²) < 4.78 is 6.88.